The van der Waals surface area contributed by atoms with Crippen LogP contribution < -0.4 is 14.2 Å². The lowest BCUT2D eigenvalue weighted by Crippen LogP contribution is -2.28. The summed E-state index contributed by atoms with van der Waals surface area (Å²) < 4.78 is 15.4. The van der Waals surface area contributed by atoms with Crippen LogP contribution in [0.25, 0.3) is 18.2 Å². The Labute approximate surface area is 216 Å². The predicted octanol–water partition coefficient (Wildman–Crippen LogP) is 5.48. The van der Waals surface area contributed by atoms with Crippen LogP contribution in [0.3, 0.4) is 0 Å². The zero-order valence-corrected chi connectivity index (χ0v) is 20.9. The highest BCUT2D eigenvalue weighted by Crippen LogP contribution is 2.17. The van der Waals surface area contributed by atoms with Gasteiger partial charge in [0, 0.05) is 0 Å². The van der Waals surface area contributed by atoms with Gasteiger partial charge in [-0.1, -0.05) is 54.6 Å². The van der Waals surface area contributed by atoms with Gasteiger partial charge in [-0.15, -0.1) is 0 Å². The van der Waals surface area contributed by atoms with E-state index in [1.165, 1.54) is 18.2 Å². The van der Waals surface area contributed by atoms with Gasteiger partial charge in [0.1, 0.15) is 23.2 Å². The van der Waals surface area contributed by atoms with E-state index in [0.29, 0.717) is 17.2 Å². The molecule has 0 heterocycles. The van der Waals surface area contributed by atoms with Gasteiger partial charge >= 0.3 is 0 Å². The molecule has 0 atom stereocenters. The molecule has 0 spiro atoms. The summed E-state index contributed by atoms with van der Waals surface area (Å²) in [7, 11) is 4.69. The van der Waals surface area contributed by atoms with Crippen LogP contribution in [0.5, 0.6) is 17.2 Å². The van der Waals surface area contributed by atoms with Crippen molar-refractivity contribution in [3.05, 3.63) is 108 Å². The smallest absolute Gasteiger partial charge is 0.174 e. The first-order valence-electron chi connectivity index (χ1n) is 11.5. The predicted molar refractivity (Wildman–Crippen MR) is 145 cm³/mol. The summed E-state index contributed by atoms with van der Waals surface area (Å²) in [6.07, 6.45) is 8.46. The minimum Gasteiger partial charge on any atom is -0.497 e. The van der Waals surface area contributed by atoms with E-state index in [-0.39, 0.29) is 0 Å². The molecule has 6 heteroatoms. The second-order valence-corrected chi connectivity index (χ2v) is 7.96. The van der Waals surface area contributed by atoms with Crippen LogP contribution in [0.4, 0.5) is 0 Å². The minimum atomic E-state index is -1.50. The summed E-state index contributed by atoms with van der Waals surface area (Å²) >= 11 is 0. The van der Waals surface area contributed by atoms with Crippen LogP contribution in [-0.2, 0) is 14.4 Å². The summed E-state index contributed by atoms with van der Waals surface area (Å²) in [6.45, 7) is 0. The number of hydrogen-bond donors (Lipinski definition) is 0. The Bertz CT molecular complexity index is 1130. The highest BCUT2D eigenvalue weighted by molar-refractivity contribution is 6.28. The molecule has 0 fully saturated rings. The van der Waals surface area contributed by atoms with Gasteiger partial charge in [0.25, 0.3) is 0 Å². The van der Waals surface area contributed by atoms with Crippen molar-refractivity contribution < 1.29 is 28.6 Å². The van der Waals surface area contributed by atoms with Crippen molar-refractivity contribution in [2.45, 2.75) is 0 Å². The molecule has 37 heavy (non-hydrogen) atoms. The molecule has 0 aliphatic heterocycles. The Balaban J connectivity index is 1.83. The number of benzene rings is 3. The van der Waals surface area contributed by atoms with E-state index >= 15 is 0 Å². The number of carbonyl (C=O) groups excluding carboxylic acids is 3. The number of carbonyl (C=O) groups is 3. The quantitative estimate of drug-likeness (QED) is 0.244. The van der Waals surface area contributed by atoms with Crippen molar-refractivity contribution in [3.8, 4) is 17.2 Å². The monoisotopic (exact) mass is 496 g/mol. The molecule has 0 saturated carbocycles. The lowest BCUT2D eigenvalue weighted by molar-refractivity contribution is -0.134. The molecule has 0 saturated heterocycles. The second kappa shape index (κ2) is 13.4. The van der Waals surface area contributed by atoms with Crippen molar-refractivity contribution >= 4 is 35.6 Å². The highest BCUT2D eigenvalue weighted by atomic mass is 16.5. The fourth-order valence-electron chi connectivity index (χ4n) is 3.39. The summed E-state index contributed by atoms with van der Waals surface area (Å²) in [5.74, 6) is -1.28. The number of ether oxygens (including phenoxy) is 3. The van der Waals surface area contributed by atoms with Gasteiger partial charge in [-0.2, -0.15) is 0 Å². The molecule has 0 unspecified atom stereocenters. The molecule has 0 amide bonds. The molecule has 188 valence electrons. The molecule has 0 bridgehead atoms. The van der Waals surface area contributed by atoms with E-state index in [1.54, 1.807) is 112 Å². The van der Waals surface area contributed by atoms with Crippen molar-refractivity contribution in [1.29, 1.82) is 0 Å². The van der Waals surface area contributed by atoms with Crippen molar-refractivity contribution in [2.75, 3.05) is 21.3 Å². The highest BCUT2D eigenvalue weighted by Gasteiger charge is 2.29. The van der Waals surface area contributed by atoms with Crippen LogP contribution in [0.1, 0.15) is 16.7 Å². The second-order valence-electron chi connectivity index (χ2n) is 7.96. The van der Waals surface area contributed by atoms with E-state index in [1.807, 2.05) is 0 Å². The molecule has 0 aromatic heterocycles. The van der Waals surface area contributed by atoms with E-state index in [0.717, 1.165) is 16.7 Å². The SMILES string of the molecule is COc1ccc(/C=C/C(=O)C(C(=O)/C=C/c2ccc(OC)cc2)C(=O)/C=C/c2ccc(OC)cc2)cc1. The number of ketones is 3. The fraction of sp³-hybridized carbons (Fsp3) is 0.129. The van der Waals surface area contributed by atoms with E-state index in [9.17, 15) is 14.4 Å². The lowest BCUT2D eigenvalue weighted by Gasteiger charge is -2.08. The number of rotatable bonds is 12. The van der Waals surface area contributed by atoms with Gasteiger partial charge in [-0.05, 0) is 71.3 Å². The maximum atomic E-state index is 13.1. The minimum absolute atomic E-state index is 0.607. The standard InChI is InChI=1S/C31H28O6/c1-35-25-13-4-22(5-14-25)10-19-28(32)31(29(33)20-11-23-6-15-26(36-2)16-7-23)30(34)21-12-24-8-17-27(37-3)18-9-24/h4-21,31H,1-3H3/b19-10+,20-11+,21-12+. The molecular weight excluding hydrogens is 468 g/mol. The summed E-state index contributed by atoms with van der Waals surface area (Å²) in [4.78, 5) is 39.2. The van der Waals surface area contributed by atoms with Gasteiger partial charge in [0.2, 0.25) is 0 Å². The largest absolute Gasteiger partial charge is 0.497 e. The Morgan fingerprint density at radius 3 is 0.946 bits per heavy atom. The van der Waals surface area contributed by atoms with Gasteiger partial charge in [0.15, 0.2) is 17.3 Å². The number of methoxy groups -OCH3 is 3. The first-order valence-corrected chi connectivity index (χ1v) is 11.5. The first kappa shape index (κ1) is 26.9. The zero-order chi connectivity index (χ0) is 26.6. The maximum absolute atomic E-state index is 13.1. The fourth-order valence-corrected chi connectivity index (χ4v) is 3.39. The van der Waals surface area contributed by atoms with E-state index < -0.39 is 23.3 Å². The molecule has 3 rings (SSSR count). The van der Waals surface area contributed by atoms with Crippen LogP contribution >= 0.6 is 0 Å². The topological polar surface area (TPSA) is 78.9 Å². The van der Waals surface area contributed by atoms with Gasteiger partial charge in [-0.25, -0.2) is 0 Å². The van der Waals surface area contributed by atoms with Crippen LogP contribution in [0, 0.1) is 5.92 Å². The normalized spacial score (nSPS) is 11.4. The summed E-state index contributed by atoms with van der Waals surface area (Å²) in [5, 5.41) is 0. The van der Waals surface area contributed by atoms with E-state index in [2.05, 4.69) is 0 Å². The van der Waals surface area contributed by atoms with Crippen LogP contribution in [0.2, 0.25) is 0 Å². The van der Waals surface area contributed by atoms with Gasteiger partial charge in [-0.3, -0.25) is 14.4 Å². The summed E-state index contributed by atoms with van der Waals surface area (Å²) in [6, 6.07) is 21.2. The van der Waals surface area contributed by atoms with Crippen LogP contribution in [-0.4, -0.2) is 38.7 Å². The number of allylic oxidation sites excluding steroid dienone is 3. The molecule has 3 aromatic rings. The molecule has 3 aromatic carbocycles. The average molecular weight is 497 g/mol. The molecule has 0 N–H and O–H groups in total. The Hall–Kier alpha value is -4.71. The van der Waals surface area contributed by atoms with Crippen LogP contribution in [0.15, 0.2) is 91.0 Å². The maximum Gasteiger partial charge on any atom is 0.174 e. The third-order valence-electron chi connectivity index (χ3n) is 5.52. The first-order chi connectivity index (χ1) is 17.9. The molecule has 6 nitrogen and oxygen atoms in total. The zero-order valence-electron chi connectivity index (χ0n) is 20.9. The Morgan fingerprint density at radius 1 is 0.486 bits per heavy atom. The average Bonchev–Trinajstić information content (AvgIpc) is 2.94. The third kappa shape index (κ3) is 7.90. The third-order valence-corrected chi connectivity index (χ3v) is 5.52. The molecule has 0 aliphatic rings. The van der Waals surface area contributed by atoms with Crippen molar-refractivity contribution in [3.63, 3.8) is 0 Å². The summed E-state index contributed by atoms with van der Waals surface area (Å²) in [5.41, 5.74) is 2.20. The van der Waals surface area contributed by atoms with Crippen molar-refractivity contribution in [1.82, 2.24) is 0 Å². The Kier molecular flexibility index (Phi) is 9.74. The van der Waals surface area contributed by atoms with E-state index in [4.69, 9.17) is 14.2 Å². The van der Waals surface area contributed by atoms with Gasteiger partial charge in [0.05, 0.1) is 21.3 Å². The van der Waals surface area contributed by atoms with Gasteiger partial charge < -0.3 is 14.2 Å². The number of hydrogen-bond acceptors (Lipinski definition) is 6. The Morgan fingerprint density at radius 2 is 0.730 bits per heavy atom. The molecule has 0 aliphatic carbocycles. The molecule has 0 radical (unpaired) electrons. The molecular formula is C31H28O6. The van der Waals surface area contributed by atoms with Crippen molar-refractivity contribution in [2.24, 2.45) is 5.92 Å². The lowest BCUT2D eigenvalue weighted by atomic mass is 9.92.